The molecule has 0 aromatic carbocycles. The molecule has 0 saturated carbocycles. The molecule has 34 heavy (non-hydrogen) atoms. The first-order valence-corrected chi connectivity index (χ1v) is 13.7. The van der Waals surface area contributed by atoms with Gasteiger partial charge in [0.25, 0.3) is 0 Å². The van der Waals surface area contributed by atoms with Crippen molar-refractivity contribution in [2.45, 2.75) is 90.9 Å². The summed E-state index contributed by atoms with van der Waals surface area (Å²) in [6.45, 7) is 8.52. The molecule has 5 rings (SSSR count). The van der Waals surface area contributed by atoms with Crippen LogP contribution < -0.4 is 4.90 Å². The molecule has 0 spiro atoms. The standard InChI is InChI=1S/C28H40N6/c1-20-14-16-29-19-23(21(20)2)26-22-11-5-3-6-12-24(22)31-28(34-17-9-4-10-18-34)27(26)25-13-7-8-15-30-33-32-25/h19-20H,3-18H2,1-2H3/b32-25-,33-30?. The van der Waals surface area contributed by atoms with Gasteiger partial charge in [-0.05, 0) is 99.8 Å². The number of rotatable bonds is 3. The number of fused-ring (bicyclic) bond motifs is 1. The summed E-state index contributed by atoms with van der Waals surface area (Å²) < 4.78 is 0. The van der Waals surface area contributed by atoms with Crippen molar-refractivity contribution >= 4 is 23.3 Å². The van der Waals surface area contributed by atoms with E-state index >= 15 is 0 Å². The third-order valence-corrected chi connectivity index (χ3v) is 8.14. The predicted octanol–water partition coefficient (Wildman–Crippen LogP) is 6.57. The highest BCUT2D eigenvalue weighted by molar-refractivity contribution is 6.18. The van der Waals surface area contributed by atoms with E-state index in [-0.39, 0.29) is 0 Å². The summed E-state index contributed by atoms with van der Waals surface area (Å²) in [5.41, 5.74) is 9.22. The van der Waals surface area contributed by atoms with Crippen LogP contribution in [0.3, 0.4) is 0 Å². The molecule has 0 radical (unpaired) electrons. The van der Waals surface area contributed by atoms with Gasteiger partial charge in [0.15, 0.2) is 0 Å². The summed E-state index contributed by atoms with van der Waals surface area (Å²) >= 11 is 0. The number of hydrogen-bond acceptors (Lipinski definition) is 6. The lowest BCUT2D eigenvalue weighted by Crippen LogP contribution is -2.33. The van der Waals surface area contributed by atoms with E-state index < -0.39 is 0 Å². The van der Waals surface area contributed by atoms with Gasteiger partial charge in [-0.25, -0.2) is 4.98 Å². The monoisotopic (exact) mass is 460 g/mol. The van der Waals surface area contributed by atoms with Gasteiger partial charge in [0.2, 0.25) is 0 Å². The summed E-state index contributed by atoms with van der Waals surface area (Å²) in [7, 11) is 0. The van der Waals surface area contributed by atoms with Crippen LogP contribution in [0.1, 0.15) is 100 Å². The van der Waals surface area contributed by atoms with Crippen LogP contribution in [0, 0.1) is 5.92 Å². The van der Waals surface area contributed by atoms with Crippen molar-refractivity contribution in [3.8, 4) is 0 Å². The fourth-order valence-electron chi connectivity index (χ4n) is 5.91. The highest BCUT2D eigenvalue weighted by Crippen LogP contribution is 2.40. The molecule has 6 heteroatoms. The van der Waals surface area contributed by atoms with Gasteiger partial charge in [-0.15, -0.1) is 5.10 Å². The molecule has 0 N–H and O–H groups in total. The molecule has 1 aromatic heterocycles. The highest BCUT2D eigenvalue weighted by Gasteiger charge is 2.30. The van der Waals surface area contributed by atoms with Crippen LogP contribution in [0.15, 0.2) is 26.0 Å². The van der Waals surface area contributed by atoms with Crippen molar-refractivity contribution in [3.63, 3.8) is 0 Å². The van der Waals surface area contributed by atoms with Crippen molar-refractivity contribution in [1.29, 1.82) is 0 Å². The number of aryl methyl sites for hydroxylation is 1. The predicted molar refractivity (Wildman–Crippen MR) is 141 cm³/mol. The van der Waals surface area contributed by atoms with Gasteiger partial charge in [-0.2, -0.15) is 5.11 Å². The van der Waals surface area contributed by atoms with E-state index in [0.717, 1.165) is 76.2 Å². The van der Waals surface area contributed by atoms with E-state index in [1.807, 2.05) is 0 Å². The minimum absolute atomic E-state index is 0.525. The lowest BCUT2D eigenvalue weighted by Gasteiger charge is -2.33. The number of allylic oxidation sites excluding steroid dienone is 2. The Balaban J connectivity index is 1.81. The van der Waals surface area contributed by atoms with Crippen LogP contribution >= 0.6 is 0 Å². The quantitative estimate of drug-likeness (QED) is 0.479. The summed E-state index contributed by atoms with van der Waals surface area (Å²) in [6, 6.07) is 0. The Morgan fingerprint density at radius 3 is 2.53 bits per heavy atom. The first kappa shape index (κ1) is 23.4. The first-order valence-electron chi connectivity index (χ1n) is 13.7. The summed E-state index contributed by atoms with van der Waals surface area (Å²) in [5.74, 6) is 1.67. The molecule has 0 bridgehead atoms. The molecule has 6 nitrogen and oxygen atoms in total. The molecule has 1 saturated heterocycles. The molecular formula is C28H40N6. The van der Waals surface area contributed by atoms with Crippen LogP contribution in [0.2, 0.25) is 0 Å². The number of anilines is 1. The fraction of sp³-hybridized carbons (Fsp3) is 0.679. The number of piperidine rings is 1. The Morgan fingerprint density at radius 2 is 1.65 bits per heavy atom. The third kappa shape index (κ3) is 4.87. The van der Waals surface area contributed by atoms with Crippen molar-refractivity contribution in [2.24, 2.45) is 26.3 Å². The summed E-state index contributed by atoms with van der Waals surface area (Å²) in [4.78, 5) is 12.9. The fourth-order valence-corrected chi connectivity index (χ4v) is 5.91. The van der Waals surface area contributed by atoms with Crippen LogP contribution in [0.4, 0.5) is 5.82 Å². The van der Waals surface area contributed by atoms with Crippen LogP contribution in [-0.4, -0.2) is 43.1 Å². The SMILES string of the molecule is CC1=C(c2c3c(nc(N4CCCCC4)c2/C2=N\N=NCCCC2)CCCCC3)C=NCCC1C. The average Bonchev–Trinajstić information content (AvgIpc) is 3.17. The van der Waals surface area contributed by atoms with E-state index in [0.29, 0.717) is 5.92 Å². The van der Waals surface area contributed by atoms with Crippen molar-refractivity contribution in [2.75, 3.05) is 31.1 Å². The summed E-state index contributed by atoms with van der Waals surface area (Å²) in [6.07, 6.45) is 16.1. The lowest BCUT2D eigenvalue weighted by molar-refractivity contribution is 0.572. The largest absolute Gasteiger partial charge is 0.356 e. The van der Waals surface area contributed by atoms with E-state index in [9.17, 15) is 0 Å². The number of nitrogens with zero attached hydrogens (tertiary/aromatic N) is 6. The molecule has 1 fully saturated rings. The molecule has 1 aromatic rings. The Bertz CT molecular complexity index is 1010. The van der Waals surface area contributed by atoms with Crippen LogP contribution in [-0.2, 0) is 12.8 Å². The normalized spacial score (nSPS) is 25.6. The topological polar surface area (TPSA) is 65.6 Å². The Kier molecular flexibility index (Phi) is 7.51. The number of aromatic nitrogens is 1. The second kappa shape index (κ2) is 10.9. The minimum atomic E-state index is 0.525. The smallest absolute Gasteiger partial charge is 0.138 e. The van der Waals surface area contributed by atoms with E-state index in [1.54, 1.807) is 0 Å². The van der Waals surface area contributed by atoms with Crippen molar-refractivity contribution in [3.05, 3.63) is 28.0 Å². The van der Waals surface area contributed by atoms with Gasteiger partial charge in [-0.3, -0.25) is 4.99 Å². The zero-order chi connectivity index (χ0) is 23.3. The molecule has 1 aliphatic carbocycles. The maximum absolute atomic E-state index is 5.45. The maximum atomic E-state index is 5.45. The zero-order valence-corrected chi connectivity index (χ0v) is 21.2. The number of hydrogen-bond donors (Lipinski definition) is 0. The van der Waals surface area contributed by atoms with Crippen LogP contribution in [0.5, 0.6) is 0 Å². The van der Waals surface area contributed by atoms with Crippen LogP contribution in [0.25, 0.3) is 5.57 Å². The molecule has 4 aliphatic rings. The molecule has 4 heterocycles. The van der Waals surface area contributed by atoms with Gasteiger partial charge in [0, 0.05) is 42.7 Å². The highest BCUT2D eigenvalue weighted by atomic mass is 15.4. The Morgan fingerprint density at radius 1 is 0.853 bits per heavy atom. The van der Waals surface area contributed by atoms with Gasteiger partial charge in [-0.1, -0.05) is 18.9 Å². The average molecular weight is 461 g/mol. The zero-order valence-electron chi connectivity index (χ0n) is 21.2. The van der Waals surface area contributed by atoms with Gasteiger partial charge in [0.1, 0.15) is 5.82 Å². The Hall–Kier alpha value is -2.37. The third-order valence-electron chi connectivity index (χ3n) is 8.14. The van der Waals surface area contributed by atoms with Gasteiger partial charge < -0.3 is 4.90 Å². The molecule has 1 unspecified atom stereocenters. The van der Waals surface area contributed by atoms with Crippen molar-refractivity contribution in [1.82, 2.24) is 4.98 Å². The van der Waals surface area contributed by atoms with Gasteiger partial charge in [0.05, 0.1) is 12.3 Å². The molecule has 1 atom stereocenters. The lowest BCUT2D eigenvalue weighted by atomic mass is 9.83. The maximum Gasteiger partial charge on any atom is 0.138 e. The molecule has 3 aliphatic heterocycles. The molecule has 0 amide bonds. The second-order valence-corrected chi connectivity index (χ2v) is 10.5. The first-order chi connectivity index (χ1) is 16.7. The Labute approximate surface area is 204 Å². The molecule has 182 valence electrons. The van der Waals surface area contributed by atoms with Crippen molar-refractivity contribution < 1.29 is 0 Å². The van der Waals surface area contributed by atoms with Gasteiger partial charge >= 0.3 is 0 Å². The number of aliphatic imine (C=N–C) groups is 1. The summed E-state index contributed by atoms with van der Waals surface area (Å²) in [5, 5.41) is 13.3. The van der Waals surface area contributed by atoms with E-state index in [4.69, 9.17) is 15.1 Å². The van der Waals surface area contributed by atoms with E-state index in [2.05, 4.69) is 35.3 Å². The molecular weight excluding hydrogens is 420 g/mol. The number of pyridine rings is 1. The minimum Gasteiger partial charge on any atom is -0.356 e. The van der Waals surface area contributed by atoms with E-state index in [1.165, 1.54) is 72.1 Å². The second-order valence-electron chi connectivity index (χ2n) is 10.5.